The molecule has 0 bridgehead atoms. The highest BCUT2D eigenvalue weighted by molar-refractivity contribution is 6.15. The number of nitrogens with one attached hydrogen (secondary N) is 1. The number of aromatic nitrogens is 4. The lowest BCUT2D eigenvalue weighted by Gasteiger charge is -2.17. The maximum Gasteiger partial charge on any atom is 0.254 e. The van der Waals surface area contributed by atoms with E-state index in [2.05, 4.69) is 39.8 Å². The fourth-order valence-corrected chi connectivity index (χ4v) is 4.05. The highest BCUT2D eigenvalue weighted by Crippen LogP contribution is 2.32. The Morgan fingerprint density at radius 1 is 1.13 bits per heavy atom. The number of hydrogen-bond acceptors (Lipinski definition) is 5. The van der Waals surface area contributed by atoms with Gasteiger partial charge in [-0.2, -0.15) is 0 Å². The summed E-state index contributed by atoms with van der Waals surface area (Å²) in [6, 6.07) is 13.9. The van der Waals surface area contributed by atoms with Gasteiger partial charge in [-0.15, -0.1) is 5.10 Å². The fraction of sp³-hybridized carbons (Fsp3) is 0.174. The van der Waals surface area contributed by atoms with Crippen LogP contribution in [0.1, 0.15) is 4.79 Å². The molecule has 7 nitrogen and oxygen atoms in total. The van der Waals surface area contributed by atoms with Gasteiger partial charge in [-0.05, 0) is 24.3 Å². The minimum absolute atomic E-state index is 0.141. The monoisotopic (exact) mass is 398 g/mol. The summed E-state index contributed by atoms with van der Waals surface area (Å²) in [7, 11) is 0. The smallest absolute Gasteiger partial charge is 0.254 e. The summed E-state index contributed by atoms with van der Waals surface area (Å²) >= 11 is 0. The number of para-hydroxylation sites is 1. The average molecular weight is 398 g/mol. The van der Waals surface area contributed by atoms with E-state index in [-0.39, 0.29) is 5.91 Å². The lowest BCUT2D eigenvalue weighted by molar-refractivity contribution is 0.0978. The fourth-order valence-electron chi connectivity index (χ4n) is 4.05. The summed E-state index contributed by atoms with van der Waals surface area (Å²) in [5.74, 6) is 0.823. The Kier molecular flexibility index (Phi) is 4.35. The van der Waals surface area contributed by atoms with E-state index in [1.54, 1.807) is 4.57 Å². The number of allylic oxidation sites excluding steroid dienone is 1. The summed E-state index contributed by atoms with van der Waals surface area (Å²) < 4.78 is 3.56. The quantitative estimate of drug-likeness (QED) is 0.523. The number of carbonyl (C=O) groups excluding carboxylic acids is 1. The molecule has 4 aromatic rings. The molecule has 0 radical (unpaired) electrons. The third-order valence-corrected chi connectivity index (χ3v) is 5.59. The van der Waals surface area contributed by atoms with Gasteiger partial charge in [-0.25, -0.2) is 0 Å². The van der Waals surface area contributed by atoms with Crippen molar-refractivity contribution in [3.63, 3.8) is 0 Å². The van der Waals surface area contributed by atoms with Crippen LogP contribution in [0.5, 0.6) is 0 Å². The predicted octanol–water partition coefficient (Wildman–Crippen LogP) is 3.26. The van der Waals surface area contributed by atoms with Crippen LogP contribution in [0, 0.1) is 0 Å². The van der Waals surface area contributed by atoms with Crippen molar-refractivity contribution < 1.29 is 4.79 Å². The van der Waals surface area contributed by atoms with Gasteiger partial charge in [0.15, 0.2) is 0 Å². The molecule has 2 aromatic heterocycles. The molecule has 3 heterocycles. The zero-order valence-electron chi connectivity index (χ0n) is 16.6. The van der Waals surface area contributed by atoms with Crippen molar-refractivity contribution >= 4 is 27.7 Å². The Morgan fingerprint density at radius 3 is 2.77 bits per heavy atom. The molecule has 0 atom stereocenters. The molecule has 7 heteroatoms. The van der Waals surface area contributed by atoms with Gasteiger partial charge in [-0.1, -0.05) is 42.6 Å². The van der Waals surface area contributed by atoms with Crippen molar-refractivity contribution in [3.05, 3.63) is 73.7 Å². The molecule has 1 N–H and O–H groups in total. The SMILES string of the molecule is C=CC(=O)n1c2ccccc2c2cc(-c3cn(CCN4CCNC4=C)nn3)ccc21. The van der Waals surface area contributed by atoms with Crippen LogP contribution in [-0.4, -0.2) is 50.0 Å². The van der Waals surface area contributed by atoms with Gasteiger partial charge >= 0.3 is 0 Å². The third-order valence-electron chi connectivity index (χ3n) is 5.59. The lowest BCUT2D eigenvalue weighted by atomic mass is 10.1. The van der Waals surface area contributed by atoms with Gasteiger partial charge in [-0.3, -0.25) is 14.0 Å². The Bertz CT molecular complexity index is 1300. The van der Waals surface area contributed by atoms with Crippen molar-refractivity contribution in [2.45, 2.75) is 6.54 Å². The maximum absolute atomic E-state index is 12.5. The molecule has 5 rings (SSSR count). The second-order valence-electron chi connectivity index (χ2n) is 7.35. The molecule has 150 valence electrons. The molecular weight excluding hydrogens is 376 g/mol. The van der Waals surface area contributed by atoms with Gasteiger partial charge in [0.25, 0.3) is 5.91 Å². The topological polar surface area (TPSA) is 68.0 Å². The predicted molar refractivity (Wildman–Crippen MR) is 118 cm³/mol. The average Bonchev–Trinajstić information content (AvgIpc) is 3.48. The largest absolute Gasteiger partial charge is 0.370 e. The molecule has 0 spiro atoms. The van der Waals surface area contributed by atoms with Gasteiger partial charge in [0.05, 0.1) is 29.6 Å². The number of benzene rings is 2. The Labute approximate surface area is 173 Å². The van der Waals surface area contributed by atoms with Crippen molar-refractivity contribution in [1.29, 1.82) is 0 Å². The van der Waals surface area contributed by atoms with Crippen molar-refractivity contribution in [1.82, 2.24) is 29.8 Å². The van der Waals surface area contributed by atoms with Crippen LogP contribution in [0.2, 0.25) is 0 Å². The third kappa shape index (κ3) is 2.95. The second kappa shape index (κ2) is 7.18. The molecular formula is C23H22N6O. The molecule has 1 fully saturated rings. The van der Waals surface area contributed by atoms with Crippen molar-refractivity contribution in [2.75, 3.05) is 19.6 Å². The summed E-state index contributed by atoms with van der Waals surface area (Å²) in [5, 5.41) is 13.9. The standard InChI is InChI=1S/C23H22N6O/c1-3-23(30)29-21-7-5-4-6-18(21)19-14-17(8-9-22(19)29)20-15-28(26-25-20)13-12-27-11-10-24-16(27)2/h3-9,14-15,24H,1-2,10-13H2. The van der Waals surface area contributed by atoms with Crippen LogP contribution < -0.4 is 5.32 Å². The van der Waals surface area contributed by atoms with Gasteiger partial charge < -0.3 is 10.2 Å². The normalized spacial score (nSPS) is 13.9. The van der Waals surface area contributed by atoms with E-state index in [4.69, 9.17) is 0 Å². The summed E-state index contributed by atoms with van der Waals surface area (Å²) in [6.07, 6.45) is 3.30. The maximum atomic E-state index is 12.5. The molecule has 0 saturated carbocycles. The van der Waals surface area contributed by atoms with Crippen molar-refractivity contribution in [2.24, 2.45) is 0 Å². The van der Waals surface area contributed by atoms with Crippen LogP contribution >= 0.6 is 0 Å². The molecule has 0 aliphatic carbocycles. The van der Waals surface area contributed by atoms with Crippen molar-refractivity contribution in [3.8, 4) is 11.3 Å². The second-order valence-corrected chi connectivity index (χ2v) is 7.35. The number of rotatable bonds is 5. The number of fused-ring (bicyclic) bond motifs is 3. The lowest BCUT2D eigenvalue weighted by Crippen LogP contribution is -2.24. The Balaban J connectivity index is 1.49. The van der Waals surface area contributed by atoms with E-state index in [0.717, 1.165) is 65.1 Å². The first kappa shape index (κ1) is 18.2. The van der Waals surface area contributed by atoms with Crippen LogP contribution in [0.3, 0.4) is 0 Å². The van der Waals surface area contributed by atoms with E-state index < -0.39 is 0 Å². The first-order chi connectivity index (χ1) is 14.7. The molecule has 1 aliphatic heterocycles. The van der Waals surface area contributed by atoms with Gasteiger partial charge in [0.2, 0.25) is 0 Å². The van der Waals surface area contributed by atoms with E-state index >= 15 is 0 Å². The summed E-state index contributed by atoms with van der Waals surface area (Å²) in [5.41, 5.74) is 3.51. The first-order valence-electron chi connectivity index (χ1n) is 9.94. The van der Waals surface area contributed by atoms with E-state index in [1.807, 2.05) is 47.3 Å². The number of hydrogen-bond donors (Lipinski definition) is 1. The van der Waals surface area contributed by atoms with Crippen LogP contribution in [0.4, 0.5) is 0 Å². The highest BCUT2D eigenvalue weighted by atomic mass is 16.1. The first-order valence-corrected chi connectivity index (χ1v) is 9.94. The van der Waals surface area contributed by atoms with E-state index in [0.29, 0.717) is 0 Å². The highest BCUT2D eigenvalue weighted by Gasteiger charge is 2.16. The minimum Gasteiger partial charge on any atom is -0.370 e. The summed E-state index contributed by atoms with van der Waals surface area (Å²) in [6.45, 7) is 11.1. The molecule has 1 aliphatic rings. The molecule has 30 heavy (non-hydrogen) atoms. The van der Waals surface area contributed by atoms with Gasteiger partial charge in [0, 0.05) is 36.0 Å². The Morgan fingerprint density at radius 2 is 1.97 bits per heavy atom. The van der Waals surface area contributed by atoms with E-state index in [9.17, 15) is 4.79 Å². The van der Waals surface area contributed by atoms with Crippen LogP contribution in [0.25, 0.3) is 33.1 Å². The van der Waals surface area contributed by atoms with Gasteiger partial charge in [0.1, 0.15) is 5.69 Å². The van der Waals surface area contributed by atoms with Crippen LogP contribution in [-0.2, 0) is 6.54 Å². The molecule has 2 aromatic carbocycles. The Hall–Kier alpha value is -3.87. The molecule has 1 saturated heterocycles. The summed E-state index contributed by atoms with van der Waals surface area (Å²) in [4.78, 5) is 14.7. The number of carbonyl (C=O) groups is 1. The van der Waals surface area contributed by atoms with E-state index in [1.165, 1.54) is 6.08 Å². The molecule has 0 amide bonds. The zero-order chi connectivity index (χ0) is 20.7. The number of nitrogens with zero attached hydrogens (tertiary/aromatic N) is 5. The van der Waals surface area contributed by atoms with Crippen LogP contribution in [0.15, 0.2) is 73.7 Å². The minimum atomic E-state index is -0.141. The zero-order valence-corrected chi connectivity index (χ0v) is 16.6. The molecule has 0 unspecified atom stereocenters.